The molecule has 30 heavy (non-hydrogen) atoms. The summed E-state index contributed by atoms with van der Waals surface area (Å²) in [7, 11) is 1.28. The molecule has 0 aliphatic rings. The number of carbonyl (C=O) groups excluding carboxylic acids is 6. The third-order valence-corrected chi connectivity index (χ3v) is 3.56. The fraction of sp³-hybridized carbons (Fsp3) is 0.667. The molecule has 0 bridgehead atoms. The summed E-state index contributed by atoms with van der Waals surface area (Å²) in [6, 6.07) is -1.36. The van der Waals surface area contributed by atoms with Crippen LogP contribution in [0, 0.1) is 0 Å². The SMILES string of the molecule is CC(=O)OC[C@@H](OC(C)=O)[C@H]([C@H](OC(C)=O)C(OC(C)=O)OC(C)=O)N(C)C(C)=O. The van der Waals surface area contributed by atoms with E-state index in [0.717, 1.165) is 39.5 Å². The summed E-state index contributed by atoms with van der Waals surface area (Å²) in [6.07, 6.45) is -4.77. The van der Waals surface area contributed by atoms with Crippen molar-refractivity contribution < 1.29 is 52.5 Å². The molecule has 3 atom stereocenters. The van der Waals surface area contributed by atoms with Gasteiger partial charge < -0.3 is 28.6 Å². The average Bonchev–Trinajstić information content (AvgIpc) is 2.56. The van der Waals surface area contributed by atoms with Crippen molar-refractivity contribution in [1.29, 1.82) is 0 Å². The second-order valence-corrected chi connectivity index (χ2v) is 6.23. The maximum Gasteiger partial charge on any atom is 0.305 e. The maximum absolute atomic E-state index is 12.1. The fourth-order valence-electron chi connectivity index (χ4n) is 2.47. The number of esters is 5. The zero-order chi connectivity index (χ0) is 23.6. The van der Waals surface area contributed by atoms with E-state index in [1.807, 2.05) is 0 Å². The molecular formula is C18H27NO11. The topological polar surface area (TPSA) is 152 Å². The van der Waals surface area contributed by atoms with Crippen molar-refractivity contribution in [3.05, 3.63) is 0 Å². The van der Waals surface area contributed by atoms with E-state index in [2.05, 4.69) is 0 Å². The van der Waals surface area contributed by atoms with Gasteiger partial charge in [-0.3, -0.25) is 28.8 Å². The molecule has 12 nitrogen and oxygen atoms in total. The quantitative estimate of drug-likeness (QED) is 0.254. The summed E-state index contributed by atoms with van der Waals surface area (Å²) >= 11 is 0. The van der Waals surface area contributed by atoms with Gasteiger partial charge in [-0.05, 0) is 0 Å². The third-order valence-electron chi connectivity index (χ3n) is 3.56. The Morgan fingerprint density at radius 1 is 0.667 bits per heavy atom. The number of ether oxygens (including phenoxy) is 5. The van der Waals surface area contributed by atoms with Crippen molar-refractivity contribution in [3.63, 3.8) is 0 Å². The van der Waals surface area contributed by atoms with E-state index in [4.69, 9.17) is 23.7 Å². The Bertz CT molecular complexity index is 659. The highest BCUT2D eigenvalue weighted by atomic mass is 16.7. The van der Waals surface area contributed by atoms with Crippen LogP contribution in [0.5, 0.6) is 0 Å². The van der Waals surface area contributed by atoms with Crippen LogP contribution in [0.15, 0.2) is 0 Å². The van der Waals surface area contributed by atoms with Gasteiger partial charge in [0, 0.05) is 48.6 Å². The second kappa shape index (κ2) is 12.4. The van der Waals surface area contributed by atoms with Crippen LogP contribution in [0.2, 0.25) is 0 Å². The zero-order valence-corrected chi connectivity index (χ0v) is 18.0. The van der Waals surface area contributed by atoms with Crippen molar-refractivity contribution in [3.8, 4) is 0 Å². The highest BCUT2D eigenvalue weighted by Crippen LogP contribution is 2.22. The van der Waals surface area contributed by atoms with E-state index in [-0.39, 0.29) is 0 Å². The lowest BCUT2D eigenvalue weighted by Crippen LogP contribution is -2.59. The first-order valence-corrected chi connectivity index (χ1v) is 8.81. The first-order valence-electron chi connectivity index (χ1n) is 8.81. The number of rotatable bonds is 10. The van der Waals surface area contributed by atoms with Gasteiger partial charge in [-0.15, -0.1) is 0 Å². The second-order valence-electron chi connectivity index (χ2n) is 6.23. The molecule has 0 fully saturated rings. The fourth-order valence-corrected chi connectivity index (χ4v) is 2.47. The monoisotopic (exact) mass is 433 g/mol. The highest BCUT2D eigenvalue weighted by Gasteiger charge is 2.46. The molecule has 0 unspecified atom stereocenters. The van der Waals surface area contributed by atoms with Crippen LogP contribution < -0.4 is 0 Å². The largest absolute Gasteiger partial charge is 0.462 e. The molecule has 0 N–H and O–H groups in total. The lowest BCUT2D eigenvalue weighted by molar-refractivity contribution is -0.226. The molecule has 0 aliphatic heterocycles. The molecular weight excluding hydrogens is 406 g/mol. The number of hydrogen-bond donors (Lipinski definition) is 0. The number of likely N-dealkylation sites (N-methyl/N-ethyl adjacent to an activating group) is 1. The first-order chi connectivity index (χ1) is 13.8. The Kier molecular flexibility index (Phi) is 11.1. The summed E-state index contributed by atoms with van der Waals surface area (Å²) in [5.41, 5.74) is 0. The molecule has 0 saturated heterocycles. The number of amides is 1. The van der Waals surface area contributed by atoms with Crippen LogP contribution in [0.3, 0.4) is 0 Å². The molecule has 0 aliphatic carbocycles. The summed E-state index contributed by atoms with van der Waals surface area (Å²) in [4.78, 5) is 70.8. The molecule has 12 heteroatoms. The van der Waals surface area contributed by atoms with Gasteiger partial charge in [0.05, 0.1) is 0 Å². The smallest absolute Gasteiger partial charge is 0.305 e. The van der Waals surface area contributed by atoms with Crippen LogP contribution in [0.1, 0.15) is 41.5 Å². The van der Waals surface area contributed by atoms with Gasteiger partial charge >= 0.3 is 29.8 Å². The normalized spacial score (nSPS) is 13.3. The van der Waals surface area contributed by atoms with E-state index in [1.165, 1.54) is 14.0 Å². The predicted molar refractivity (Wildman–Crippen MR) is 97.3 cm³/mol. The standard InChI is InChI=1S/C18H27NO11/c1-9(20)19(7)16(15(27-11(3)22)8-26-10(2)21)17(28-12(4)23)18(29-13(5)24)30-14(6)25/h15-18H,8H2,1-7H3/t15-,16-,17+/m1/s1. The first kappa shape index (κ1) is 26.8. The third kappa shape index (κ3) is 9.85. The molecule has 1 amide bonds. The van der Waals surface area contributed by atoms with Crippen LogP contribution in [-0.2, 0) is 52.5 Å². The summed E-state index contributed by atoms with van der Waals surface area (Å²) in [6.45, 7) is 5.90. The molecule has 170 valence electrons. The minimum absolute atomic E-state index is 0.526. The molecule has 0 aromatic carbocycles. The van der Waals surface area contributed by atoms with Crippen molar-refractivity contribution in [2.45, 2.75) is 66.1 Å². The van der Waals surface area contributed by atoms with Gasteiger partial charge in [0.25, 0.3) is 6.29 Å². The Labute approximate surface area is 173 Å². The average molecular weight is 433 g/mol. The van der Waals surface area contributed by atoms with Crippen molar-refractivity contribution in [2.75, 3.05) is 13.7 Å². The Balaban J connectivity index is 6.45. The van der Waals surface area contributed by atoms with E-state index in [0.29, 0.717) is 0 Å². The summed E-state index contributed by atoms with van der Waals surface area (Å²) < 4.78 is 25.2. The van der Waals surface area contributed by atoms with E-state index >= 15 is 0 Å². The highest BCUT2D eigenvalue weighted by molar-refractivity contribution is 5.74. The van der Waals surface area contributed by atoms with Gasteiger partial charge in [-0.25, -0.2) is 0 Å². The Hall–Kier alpha value is -3.18. The maximum atomic E-state index is 12.1. The number of nitrogens with zero attached hydrogens (tertiary/aromatic N) is 1. The van der Waals surface area contributed by atoms with Gasteiger partial charge in [0.15, 0.2) is 12.2 Å². The molecule has 0 spiro atoms. The van der Waals surface area contributed by atoms with Gasteiger partial charge in [0.2, 0.25) is 5.91 Å². The number of hydrogen-bond acceptors (Lipinski definition) is 11. The molecule has 0 saturated carbocycles. The van der Waals surface area contributed by atoms with Crippen molar-refractivity contribution in [1.82, 2.24) is 4.90 Å². The number of carbonyl (C=O) groups is 6. The lowest BCUT2D eigenvalue weighted by atomic mass is 10.0. The minimum atomic E-state index is -1.79. The van der Waals surface area contributed by atoms with E-state index in [1.54, 1.807) is 0 Å². The molecule has 0 heterocycles. The Morgan fingerprint density at radius 2 is 1.10 bits per heavy atom. The van der Waals surface area contributed by atoms with Crippen LogP contribution in [0.4, 0.5) is 0 Å². The summed E-state index contributed by atoms with van der Waals surface area (Å²) in [5.74, 6) is -4.72. The summed E-state index contributed by atoms with van der Waals surface area (Å²) in [5, 5.41) is 0. The van der Waals surface area contributed by atoms with Crippen LogP contribution >= 0.6 is 0 Å². The zero-order valence-electron chi connectivity index (χ0n) is 18.0. The van der Waals surface area contributed by atoms with Gasteiger partial charge in [-0.2, -0.15) is 0 Å². The van der Waals surface area contributed by atoms with Crippen molar-refractivity contribution >= 4 is 35.8 Å². The molecule has 0 rings (SSSR count). The Morgan fingerprint density at radius 3 is 1.43 bits per heavy atom. The van der Waals surface area contributed by atoms with E-state index in [9.17, 15) is 28.8 Å². The minimum Gasteiger partial charge on any atom is -0.462 e. The van der Waals surface area contributed by atoms with Gasteiger partial charge in [-0.1, -0.05) is 0 Å². The van der Waals surface area contributed by atoms with Crippen LogP contribution in [0.25, 0.3) is 0 Å². The molecule has 0 aromatic rings. The lowest BCUT2D eigenvalue weighted by Gasteiger charge is -2.39. The predicted octanol–water partition coefficient (Wildman–Crippen LogP) is -0.288. The van der Waals surface area contributed by atoms with Crippen LogP contribution in [-0.4, -0.2) is 78.8 Å². The van der Waals surface area contributed by atoms with Crippen molar-refractivity contribution in [2.24, 2.45) is 0 Å². The van der Waals surface area contributed by atoms with E-state index < -0.39 is 66.9 Å². The molecule has 0 radical (unpaired) electrons. The van der Waals surface area contributed by atoms with Gasteiger partial charge in [0.1, 0.15) is 12.6 Å². The molecule has 0 aromatic heterocycles.